The van der Waals surface area contributed by atoms with Crippen molar-refractivity contribution in [1.29, 1.82) is 0 Å². The molecule has 0 aliphatic carbocycles. The summed E-state index contributed by atoms with van der Waals surface area (Å²) in [6.45, 7) is 10.1. The summed E-state index contributed by atoms with van der Waals surface area (Å²) in [6, 6.07) is 7.34. The highest BCUT2D eigenvalue weighted by Gasteiger charge is 2.23. The van der Waals surface area contributed by atoms with Gasteiger partial charge in [0.2, 0.25) is 0 Å². The van der Waals surface area contributed by atoms with Crippen LogP contribution < -0.4 is 11.1 Å². The quantitative estimate of drug-likeness (QED) is 0.855. The molecule has 1 fully saturated rings. The molecule has 2 nitrogen and oxygen atoms in total. The van der Waals surface area contributed by atoms with Gasteiger partial charge in [-0.2, -0.15) is 0 Å². The van der Waals surface area contributed by atoms with Crippen LogP contribution in [0.25, 0.3) is 0 Å². The number of hydrogen-bond donors (Lipinski definition) is 2. The summed E-state index contributed by atoms with van der Waals surface area (Å²) < 4.78 is 0. The summed E-state index contributed by atoms with van der Waals surface area (Å²) in [5.74, 6) is 0. The lowest BCUT2D eigenvalue weighted by Gasteiger charge is -2.30. The predicted molar refractivity (Wildman–Crippen MR) is 82.4 cm³/mol. The lowest BCUT2D eigenvalue weighted by atomic mass is 9.83. The summed E-state index contributed by atoms with van der Waals surface area (Å²) in [5, 5.41) is 3.56. The minimum Gasteiger partial charge on any atom is -0.323 e. The molecule has 1 aromatic carbocycles. The predicted octanol–water partition coefficient (Wildman–Crippen LogP) is 3.43. The molecule has 2 rings (SSSR count). The maximum atomic E-state index is 6.47. The van der Waals surface area contributed by atoms with Crippen LogP contribution in [0.5, 0.6) is 0 Å². The molecule has 0 saturated carbocycles. The smallest absolute Gasteiger partial charge is 0.0453 e. The fourth-order valence-electron chi connectivity index (χ4n) is 2.92. The molecular formula is C17H28N2. The molecule has 0 bridgehead atoms. The van der Waals surface area contributed by atoms with Crippen LogP contribution in [0, 0.1) is 6.92 Å². The van der Waals surface area contributed by atoms with E-state index in [0.717, 1.165) is 6.54 Å². The van der Waals surface area contributed by atoms with E-state index in [-0.39, 0.29) is 11.5 Å². The zero-order valence-electron chi connectivity index (χ0n) is 12.8. The van der Waals surface area contributed by atoms with E-state index >= 15 is 0 Å². The third-order valence-electron chi connectivity index (χ3n) is 4.28. The van der Waals surface area contributed by atoms with Gasteiger partial charge in [-0.15, -0.1) is 0 Å². The van der Waals surface area contributed by atoms with Gasteiger partial charge in [-0.3, -0.25) is 0 Å². The second-order valence-corrected chi connectivity index (χ2v) is 6.90. The molecule has 106 valence electrons. The molecule has 2 atom stereocenters. The molecule has 0 radical (unpaired) electrons. The minimum atomic E-state index is 0.120. The van der Waals surface area contributed by atoms with Gasteiger partial charge in [0, 0.05) is 12.1 Å². The van der Waals surface area contributed by atoms with Crippen molar-refractivity contribution in [1.82, 2.24) is 5.32 Å². The van der Waals surface area contributed by atoms with Crippen LogP contribution >= 0.6 is 0 Å². The number of rotatable bonds is 2. The number of nitrogens with one attached hydrogen (secondary N) is 1. The van der Waals surface area contributed by atoms with Gasteiger partial charge < -0.3 is 11.1 Å². The van der Waals surface area contributed by atoms with Gasteiger partial charge in [-0.05, 0) is 48.4 Å². The molecule has 2 heteroatoms. The van der Waals surface area contributed by atoms with Crippen LogP contribution in [0.15, 0.2) is 18.2 Å². The largest absolute Gasteiger partial charge is 0.323 e. The summed E-state index contributed by atoms with van der Waals surface area (Å²) in [6.07, 6.45) is 3.78. The first-order valence-electron chi connectivity index (χ1n) is 7.49. The third-order valence-corrected chi connectivity index (χ3v) is 4.28. The van der Waals surface area contributed by atoms with Crippen molar-refractivity contribution in [3.8, 4) is 0 Å². The Labute approximate surface area is 117 Å². The van der Waals surface area contributed by atoms with Gasteiger partial charge in [0.05, 0.1) is 0 Å². The van der Waals surface area contributed by atoms with Crippen molar-refractivity contribution in [3.63, 3.8) is 0 Å². The van der Waals surface area contributed by atoms with Gasteiger partial charge in [0.1, 0.15) is 0 Å². The summed E-state index contributed by atoms with van der Waals surface area (Å²) >= 11 is 0. The lowest BCUT2D eigenvalue weighted by molar-refractivity contribution is 0.353. The van der Waals surface area contributed by atoms with E-state index in [0.29, 0.717) is 6.04 Å². The van der Waals surface area contributed by atoms with E-state index in [9.17, 15) is 0 Å². The number of piperidine rings is 1. The monoisotopic (exact) mass is 260 g/mol. The molecule has 1 aromatic rings. The highest BCUT2D eigenvalue weighted by Crippen LogP contribution is 2.28. The molecule has 1 aliphatic rings. The van der Waals surface area contributed by atoms with Gasteiger partial charge in [0.25, 0.3) is 0 Å². The SMILES string of the molecule is Cc1cc(C(C)(C)C)ccc1C(N)C1CCCCN1. The molecule has 0 aromatic heterocycles. The molecule has 0 spiro atoms. The normalized spacial score (nSPS) is 22.3. The molecule has 3 N–H and O–H groups in total. The molecule has 1 aliphatic heterocycles. The van der Waals surface area contributed by atoms with Crippen molar-refractivity contribution in [2.45, 2.75) is 64.5 Å². The van der Waals surface area contributed by atoms with Crippen molar-refractivity contribution in [2.75, 3.05) is 6.54 Å². The Morgan fingerprint density at radius 3 is 2.53 bits per heavy atom. The van der Waals surface area contributed by atoms with Crippen LogP contribution in [0.3, 0.4) is 0 Å². The van der Waals surface area contributed by atoms with E-state index in [2.05, 4.69) is 51.2 Å². The number of benzene rings is 1. The van der Waals surface area contributed by atoms with E-state index < -0.39 is 0 Å². The second kappa shape index (κ2) is 5.64. The summed E-state index contributed by atoms with van der Waals surface area (Å²) in [7, 11) is 0. The zero-order chi connectivity index (χ0) is 14.0. The average molecular weight is 260 g/mol. The Kier molecular flexibility index (Phi) is 4.32. The number of hydrogen-bond acceptors (Lipinski definition) is 2. The first-order chi connectivity index (χ1) is 8.89. The number of nitrogens with two attached hydrogens (primary N) is 1. The molecule has 19 heavy (non-hydrogen) atoms. The van der Waals surface area contributed by atoms with Crippen molar-refractivity contribution >= 4 is 0 Å². The van der Waals surface area contributed by atoms with E-state index in [1.54, 1.807) is 0 Å². The Morgan fingerprint density at radius 2 is 2.00 bits per heavy atom. The topological polar surface area (TPSA) is 38.0 Å². The maximum Gasteiger partial charge on any atom is 0.0453 e. The van der Waals surface area contributed by atoms with Crippen LogP contribution in [0.1, 0.15) is 62.8 Å². The lowest BCUT2D eigenvalue weighted by Crippen LogP contribution is -2.42. The average Bonchev–Trinajstić information content (AvgIpc) is 2.38. The fourth-order valence-corrected chi connectivity index (χ4v) is 2.92. The summed E-state index contributed by atoms with van der Waals surface area (Å²) in [4.78, 5) is 0. The van der Waals surface area contributed by atoms with E-state index in [1.807, 2.05) is 0 Å². The molecule has 2 unspecified atom stereocenters. The summed E-state index contributed by atoms with van der Waals surface area (Å²) in [5.41, 5.74) is 10.7. The Hall–Kier alpha value is -0.860. The first-order valence-corrected chi connectivity index (χ1v) is 7.49. The fraction of sp³-hybridized carbons (Fsp3) is 0.647. The van der Waals surface area contributed by atoms with Crippen LogP contribution in [0.4, 0.5) is 0 Å². The third kappa shape index (κ3) is 3.37. The molecular weight excluding hydrogens is 232 g/mol. The molecule has 0 amide bonds. The zero-order valence-corrected chi connectivity index (χ0v) is 12.8. The van der Waals surface area contributed by atoms with Gasteiger partial charge in [-0.1, -0.05) is 45.4 Å². The standard InChI is InChI=1S/C17H28N2/c1-12-11-13(17(2,3)4)8-9-14(12)16(18)15-7-5-6-10-19-15/h8-9,11,15-16,19H,5-7,10,18H2,1-4H3. The molecule has 1 heterocycles. The Balaban J connectivity index is 2.20. The van der Waals surface area contributed by atoms with Crippen LogP contribution in [-0.2, 0) is 5.41 Å². The number of aryl methyl sites for hydroxylation is 1. The van der Waals surface area contributed by atoms with Gasteiger partial charge >= 0.3 is 0 Å². The van der Waals surface area contributed by atoms with Gasteiger partial charge in [-0.25, -0.2) is 0 Å². The maximum absolute atomic E-state index is 6.47. The highest BCUT2D eigenvalue weighted by atomic mass is 15.0. The highest BCUT2D eigenvalue weighted by molar-refractivity contribution is 5.36. The van der Waals surface area contributed by atoms with Crippen molar-refractivity contribution in [3.05, 3.63) is 34.9 Å². The Morgan fingerprint density at radius 1 is 1.26 bits per heavy atom. The first kappa shape index (κ1) is 14.5. The van der Waals surface area contributed by atoms with Crippen molar-refractivity contribution < 1.29 is 0 Å². The van der Waals surface area contributed by atoms with Gasteiger partial charge in [0.15, 0.2) is 0 Å². The van der Waals surface area contributed by atoms with Crippen molar-refractivity contribution in [2.24, 2.45) is 5.73 Å². The second-order valence-electron chi connectivity index (χ2n) is 6.90. The molecule has 1 saturated heterocycles. The van der Waals surface area contributed by atoms with E-state index in [1.165, 1.54) is 36.0 Å². The minimum absolute atomic E-state index is 0.120. The van der Waals surface area contributed by atoms with Crippen LogP contribution in [-0.4, -0.2) is 12.6 Å². The van der Waals surface area contributed by atoms with Crippen LogP contribution in [0.2, 0.25) is 0 Å². The van der Waals surface area contributed by atoms with E-state index in [4.69, 9.17) is 5.73 Å². The Bertz CT molecular complexity index is 425.